The molecule has 0 unspecified atom stereocenters. The average molecular weight is 1160 g/mol. The highest BCUT2D eigenvalue weighted by Gasteiger charge is 2.35. The molecule has 4 aromatic carbocycles. The van der Waals surface area contributed by atoms with Crippen molar-refractivity contribution in [3.63, 3.8) is 0 Å². The zero-order valence-electron chi connectivity index (χ0n) is 55.7. The summed E-state index contributed by atoms with van der Waals surface area (Å²) < 4.78 is 52.6. The van der Waals surface area contributed by atoms with Gasteiger partial charge in [0.15, 0.2) is 0 Å². The molecule has 1 aliphatic rings. The second-order valence-electron chi connectivity index (χ2n) is 24.6. The maximum absolute atomic E-state index is 6.57. The van der Waals surface area contributed by atoms with E-state index in [1.807, 2.05) is 56.9 Å². The summed E-state index contributed by atoms with van der Waals surface area (Å²) in [5, 5.41) is 0. The van der Waals surface area contributed by atoms with Crippen molar-refractivity contribution in [3.05, 3.63) is 93.0 Å². The Bertz CT molecular complexity index is 1980. The molecular formula is C76H120O8. The first kappa shape index (κ1) is 70.0. The highest BCUT2D eigenvalue weighted by atomic mass is 16.5. The molecule has 472 valence electrons. The van der Waals surface area contributed by atoms with Gasteiger partial charge < -0.3 is 37.9 Å². The minimum atomic E-state index is -0.0672. The van der Waals surface area contributed by atoms with Crippen molar-refractivity contribution in [2.45, 2.75) is 283 Å². The topological polar surface area (TPSA) is 73.8 Å². The zero-order valence-corrected chi connectivity index (χ0v) is 55.7. The van der Waals surface area contributed by atoms with Crippen LogP contribution in [0.3, 0.4) is 0 Å². The molecule has 0 radical (unpaired) electrons. The Morgan fingerprint density at radius 3 is 0.452 bits per heavy atom. The fraction of sp³-hybridized carbons (Fsp3) is 0.684. The molecule has 5 rings (SSSR count). The number of hydrogen-bond acceptors (Lipinski definition) is 8. The van der Waals surface area contributed by atoms with Crippen LogP contribution in [0.5, 0.6) is 46.0 Å². The van der Waals surface area contributed by atoms with Crippen LogP contribution in [0, 0.1) is 0 Å². The molecule has 8 nitrogen and oxygen atoms in total. The molecule has 84 heavy (non-hydrogen) atoms. The quantitative estimate of drug-likeness (QED) is 0.0406. The Morgan fingerprint density at radius 1 is 0.190 bits per heavy atom. The summed E-state index contributed by atoms with van der Waals surface area (Å²) in [7, 11) is 14.6. The first-order chi connectivity index (χ1) is 41.2. The summed E-state index contributed by atoms with van der Waals surface area (Å²) in [6.45, 7) is 9.20. The Morgan fingerprint density at radius 2 is 0.321 bits per heavy atom. The SMILES string of the molecule is CCCCCCCCCCC1c2cc(c(OC)cc2OC)C(CCCCCCCCCC)c2cc(c(OC)cc2OC)C(CCCCCCCCCC)c2cc(c(OC)cc2OC)C(CCCCCCCCCC)c2cc1c(OC)cc2OC. The van der Waals surface area contributed by atoms with Crippen LogP contribution < -0.4 is 37.9 Å². The molecular weight excluding hydrogens is 1040 g/mol. The maximum Gasteiger partial charge on any atom is 0.126 e. The van der Waals surface area contributed by atoms with E-state index in [9.17, 15) is 0 Å². The van der Waals surface area contributed by atoms with E-state index in [0.29, 0.717) is 0 Å². The molecule has 0 aromatic heterocycles. The van der Waals surface area contributed by atoms with Crippen molar-refractivity contribution in [3.8, 4) is 46.0 Å². The molecule has 0 heterocycles. The molecule has 0 aliphatic heterocycles. The van der Waals surface area contributed by atoms with Crippen molar-refractivity contribution in [1.82, 2.24) is 0 Å². The van der Waals surface area contributed by atoms with E-state index >= 15 is 0 Å². The second-order valence-corrected chi connectivity index (χ2v) is 24.6. The van der Waals surface area contributed by atoms with Gasteiger partial charge in [-0.15, -0.1) is 0 Å². The van der Waals surface area contributed by atoms with Crippen molar-refractivity contribution < 1.29 is 37.9 Å². The van der Waals surface area contributed by atoms with Crippen LogP contribution in [0.15, 0.2) is 48.5 Å². The molecule has 8 bridgehead atoms. The van der Waals surface area contributed by atoms with Crippen LogP contribution in [-0.2, 0) is 0 Å². The Labute approximate surface area is 513 Å². The van der Waals surface area contributed by atoms with Crippen molar-refractivity contribution in [2.75, 3.05) is 56.9 Å². The van der Waals surface area contributed by atoms with E-state index in [1.165, 1.54) is 180 Å². The van der Waals surface area contributed by atoms with E-state index in [-0.39, 0.29) is 23.7 Å². The van der Waals surface area contributed by atoms with Crippen LogP contribution in [0.25, 0.3) is 0 Å². The standard InChI is InChI=1S/C76H120O8/c1-13-17-21-25-29-33-37-41-45-57-61-49-63(71(79-7)53-69(61)77-5)58(46-42-38-34-30-26-22-18-14-2)65-51-67(75(83-11)55-73(65)81-9)60(48-44-40-36-32-28-24-20-16-4)68-52-66(74(82-10)56-76(68)84-12)59(47-43-39-35-31-27-23-19-15-3)64-50-62(57)70(78-6)54-72(64)80-8/h49-60H,13-48H2,1-12H3. The fourth-order valence-corrected chi connectivity index (χ4v) is 13.8. The van der Waals surface area contributed by atoms with E-state index in [0.717, 1.165) is 142 Å². The largest absolute Gasteiger partial charge is 0.496 e. The van der Waals surface area contributed by atoms with E-state index in [2.05, 4.69) is 76.2 Å². The third-order valence-electron chi connectivity index (χ3n) is 18.7. The van der Waals surface area contributed by atoms with Crippen molar-refractivity contribution in [1.29, 1.82) is 0 Å². The van der Waals surface area contributed by atoms with E-state index in [4.69, 9.17) is 37.9 Å². The number of hydrogen-bond donors (Lipinski definition) is 0. The van der Waals surface area contributed by atoms with Crippen molar-refractivity contribution >= 4 is 0 Å². The third kappa shape index (κ3) is 20.7. The molecule has 0 saturated carbocycles. The lowest BCUT2D eigenvalue weighted by Crippen LogP contribution is -2.15. The van der Waals surface area contributed by atoms with Gasteiger partial charge in [0.1, 0.15) is 46.0 Å². The lowest BCUT2D eigenvalue weighted by atomic mass is 9.76. The minimum Gasteiger partial charge on any atom is -0.496 e. The Hall–Kier alpha value is -4.72. The molecule has 0 fully saturated rings. The monoisotopic (exact) mass is 1160 g/mol. The summed E-state index contributed by atoms with van der Waals surface area (Å²) in [4.78, 5) is 0. The normalized spacial score (nSPS) is 15.7. The molecule has 0 spiro atoms. The summed E-state index contributed by atoms with van der Waals surface area (Å²) in [5.41, 5.74) is 9.24. The van der Waals surface area contributed by atoms with Gasteiger partial charge in [0.2, 0.25) is 0 Å². The van der Waals surface area contributed by atoms with Gasteiger partial charge in [-0.25, -0.2) is 0 Å². The first-order valence-corrected chi connectivity index (χ1v) is 34.3. The number of methoxy groups -OCH3 is 8. The highest BCUT2D eigenvalue weighted by molar-refractivity contribution is 5.63. The summed E-state index contributed by atoms with van der Waals surface area (Å²) in [6, 6.07) is 18.6. The molecule has 4 aromatic rings. The van der Waals surface area contributed by atoms with Gasteiger partial charge in [0, 0.05) is 92.4 Å². The molecule has 1 aliphatic carbocycles. The molecule has 0 atom stereocenters. The summed E-state index contributed by atoms with van der Waals surface area (Å²) in [5.74, 6) is 6.37. The van der Waals surface area contributed by atoms with Gasteiger partial charge in [-0.05, 0) is 49.9 Å². The van der Waals surface area contributed by atoms with Crippen LogP contribution in [0.2, 0.25) is 0 Å². The minimum absolute atomic E-state index is 0.0672. The van der Waals surface area contributed by atoms with Gasteiger partial charge >= 0.3 is 0 Å². The average Bonchev–Trinajstić information content (AvgIpc) is 1.63. The number of unbranched alkanes of at least 4 members (excludes halogenated alkanes) is 28. The van der Waals surface area contributed by atoms with Crippen LogP contribution in [0.4, 0.5) is 0 Å². The molecule has 8 heteroatoms. The highest BCUT2D eigenvalue weighted by Crippen LogP contribution is 2.53. The fourth-order valence-electron chi connectivity index (χ4n) is 13.8. The van der Waals surface area contributed by atoms with E-state index in [1.54, 1.807) is 0 Å². The predicted octanol–water partition coefficient (Wildman–Crippen LogP) is 22.7. The first-order valence-electron chi connectivity index (χ1n) is 34.3. The molecule has 0 saturated heterocycles. The smallest absolute Gasteiger partial charge is 0.126 e. The van der Waals surface area contributed by atoms with Gasteiger partial charge in [0.05, 0.1) is 56.9 Å². The van der Waals surface area contributed by atoms with Crippen molar-refractivity contribution in [2.24, 2.45) is 0 Å². The zero-order chi connectivity index (χ0) is 60.3. The van der Waals surface area contributed by atoms with E-state index < -0.39 is 0 Å². The number of benzene rings is 4. The van der Waals surface area contributed by atoms with Crippen LogP contribution in [0.1, 0.15) is 327 Å². The second kappa shape index (κ2) is 40.6. The maximum atomic E-state index is 6.57. The molecule has 0 N–H and O–H groups in total. The van der Waals surface area contributed by atoms with Crippen LogP contribution >= 0.6 is 0 Å². The number of rotatable bonds is 44. The van der Waals surface area contributed by atoms with Gasteiger partial charge in [0.25, 0.3) is 0 Å². The number of ether oxygens (including phenoxy) is 8. The lowest BCUT2D eigenvalue weighted by Gasteiger charge is -2.31. The summed E-state index contributed by atoms with van der Waals surface area (Å²) >= 11 is 0. The van der Waals surface area contributed by atoms with Gasteiger partial charge in [-0.2, -0.15) is 0 Å². The number of fused-ring (bicyclic) bond motifs is 8. The van der Waals surface area contributed by atoms with Gasteiger partial charge in [-0.3, -0.25) is 0 Å². The Kier molecular flexibility index (Phi) is 33.9. The van der Waals surface area contributed by atoms with Gasteiger partial charge in [-0.1, -0.05) is 233 Å². The molecule has 0 amide bonds. The Balaban J connectivity index is 1.89. The summed E-state index contributed by atoms with van der Waals surface area (Å²) in [6.07, 6.45) is 43.4. The predicted molar refractivity (Wildman–Crippen MR) is 354 cm³/mol. The lowest BCUT2D eigenvalue weighted by molar-refractivity contribution is 0.371. The van der Waals surface area contributed by atoms with Crippen LogP contribution in [-0.4, -0.2) is 56.9 Å². The third-order valence-corrected chi connectivity index (χ3v) is 18.7.